The SMILES string of the molecule is COc1ccc(OCCNC(=O)/C=C/c2ccc(C(C)C)cc2)cc1. The van der Waals surface area contributed by atoms with Crippen LogP contribution in [0.4, 0.5) is 0 Å². The summed E-state index contributed by atoms with van der Waals surface area (Å²) < 4.78 is 10.6. The number of hydrogen-bond acceptors (Lipinski definition) is 3. The fraction of sp³-hybridized carbons (Fsp3) is 0.286. The Morgan fingerprint density at radius 3 is 2.28 bits per heavy atom. The van der Waals surface area contributed by atoms with Crippen LogP contribution in [0, 0.1) is 0 Å². The van der Waals surface area contributed by atoms with Gasteiger partial charge in [-0.05, 0) is 47.4 Å². The Labute approximate surface area is 149 Å². The summed E-state index contributed by atoms with van der Waals surface area (Å²) in [5.74, 6) is 1.90. The largest absolute Gasteiger partial charge is 0.497 e. The number of carbonyl (C=O) groups excluding carboxylic acids is 1. The van der Waals surface area contributed by atoms with Crippen molar-refractivity contribution in [1.82, 2.24) is 5.32 Å². The van der Waals surface area contributed by atoms with Gasteiger partial charge in [-0.2, -0.15) is 0 Å². The first-order valence-corrected chi connectivity index (χ1v) is 8.41. The molecule has 0 bridgehead atoms. The third kappa shape index (κ3) is 6.34. The first-order valence-electron chi connectivity index (χ1n) is 8.41. The molecule has 2 aromatic carbocycles. The third-order valence-electron chi connectivity index (χ3n) is 3.76. The molecule has 0 unspecified atom stereocenters. The lowest BCUT2D eigenvalue weighted by Gasteiger charge is -2.07. The van der Waals surface area contributed by atoms with Crippen LogP contribution in [0.5, 0.6) is 11.5 Å². The molecule has 2 aromatic rings. The summed E-state index contributed by atoms with van der Waals surface area (Å²) in [6.45, 7) is 5.18. The zero-order valence-corrected chi connectivity index (χ0v) is 15.0. The molecule has 1 N–H and O–H groups in total. The van der Waals surface area contributed by atoms with E-state index in [9.17, 15) is 4.79 Å². The standard InChI is InChI=1S/C21H25NO3/c1-16(2)18-7-4-17(5-8-18)6-13-21(23)22-14-15-25-20-11-9-19(24-3)10-12-20/h4-13,16H,14-15H2,1-3H3,(H,22,23)/b13-6+. The number of amides is 1. The minimum absolute atomic E-state index is 0.133. The normalized spacial score (nSPS) is 10.9. The number of methoxy groups -OCH3 is 1. The van der Waals surface area contributed by atoms with E-state index in [1.807, 2.05) is 42.5 Å². The van der Waals surface area contributed by atoms with Crippen LogP contribution in [0.25, 0.3) is 6.08 Å². The maximum atomic E-state index is 11.8. The van der Waals surface area contributed by atoms with Crippen molar-refractivity contribution in [2.75, 3.05) is 20.3 Å². The van der Waals surface area contributed by atoms with Gasteiger partial charge in [-0.1, -0.05) is 38.1 Å². The van der Waals surface area contributed by atoms with Gasteiger partial charge >= 0.3 is 0 Å². The molecule has 0 saturated carbocycles. The van der Waals surface area contributed by atoms with Crippen molar-refractivity contribution in [1.29, 1.82) is 0 Å². The number of hydrogen-bond donors (Lipinski definition) is 1. The van der Waals surface area contributed by atoms with Crippen molar-refractivity contribution < 1.29 is 14.3 Å². The van der Waals surface area contributed by atoms with Crippen LogP contribution in [-0.4, -0.2) is 26.2 Å². The van der Waals surface area contributed by atoms with E-state index >= 15 is 0 Å². The minimum atomic E-state index is -0.133. The van der Waals surface area contributed by atoms with Crippen LogP contribution in [0.15, 0.2) is 54.6 Å². The van der Waals surface area contributed by atoms with E-state index in [1.54, 1.807) is 7.11 Å². The van der Waals surface area contributed by atoms with Gasteiger partial charge in [-0.25, -0.2) is 0 Å². The lowest BCUT2D eigenvalue weighted by molar-refractivity contribution is -0.116. The number of benzene rings is 2. The highest BCUT2D eigenvalue weighted by Gasteiger charge is 1.99. The molecule has 0 spiro atoms. The smallest absolute Gasteiger partial charge is 0.244 e. The molecule has 4 heteroatoms. The third-order valence-corrected chi connectivity index (χ3v) is 3.76. The molecule has 25 heavy (non-hydrogen) atoms. The molecule has 0 aromatic heterocycles. The van der Waals surface area contributed by atoms with E-state index in [0.717, 1.165) is 17.1 Å². The van der Waals surface area contributed by atoms with Crippen molar-refractivity contribution in [2.45, 2.75) is 19.8 Å². The first kappa shape index (κ1) is 18.6. The quantitative estimate of drug-likeness (QED) is 0.583. The Bertz CT molecular complexity index is 688. The van der Waals surface area contributed by atoms with E-state index in [2.05, 4.69) is 31.3 Å². The van der Waals surface area contributed by atoms with Gasteiger partial charge in [0, 0.05) is 6.08 Å². The van der Waals surface area contributed by atoms with E-state index < -0.39 is 0 Å². The predicted octanol–water partition coefficient (Wildman–Crippen LogP) is 4.03. The molecule has 0 heterocycles. The van der Waals surface area contributed by atoms with E-state index in [-0.39, 0.29) is 5.91 Å². The molecule has 0 aliphatic heterocycles. The highest BCUT2D eigenvalue weighted by atomic mass is 16.5. The van der Waals surface area contributed by atoms with E-state index in [4.69, 9.17) is 9.47 Å². The summed E-state index contributed by atoms with van der Waals surface area (Å²) in [5.41, 5.74) is 2.30. The van der Waals surface area contributed by atoms with E-state index in [1.165, 1.54) is 11.6 Å². The summed E-state index contributed by atoms with van der Waals surface area (Å²) in [4.78, 5) is 11.8. The van der Waals surface area contributed by atoms with Crippen LogP contribution in [0.2, 0.25) is 0 Å². The van der Waals surface area contributed by atoms with Crippen LogP contribution in [0.1, 0.15) is 30.9 Å². The van der Waals surface area contributed by atoms with Crippen LogP contribution in [-0.2, 0) is 4.79 Å². The Balaban J connectivity index is 1.70. The lowest BCUT2D eigenvalue weighted by atomic mass is 10.0. The van der Waals surface area contributed by atoms with Crippen molar-refractivity contribution >= 4 is 12.0 Å². The van der Waals surface area contributed by atoms with Crippen LogP contribution >= 0.6 is 0 Å². The molecular formula is C21H25NO3. The monoisotopic (exact) mass is 339 g/mol. The van der Waals surface area contributed by atoms with Gasteiger partial charge in [-0.3, -0.25) is 4.79 Å². The molecule has 0 aliphatic carbocycles. The number of rotatable bonds is 8. The fourth-order valence-corrected chi connectivity index (χ4v) is 2.24. The van der Waals surface area contributed by atoms with Gasteiger partial charge in [0.05, 0.1) is 13.7 Å². The van der Waals surface area contributed by atoms with Gasteiger partial charge in [0.25, 0.3) is 0 Å². The maximum absolute atomic E-state index is 11.8. The second kappa shape index (κ2) is 9.52. The molecule has 132 valence electrons. The first-order chi connectivity index (χ1) is 12.1. The second-order valence-electron chi connectivity index (χ2n) is 5.97. The van der Waals surface area contributed by atoms with Gasteiger partial charge in [-0.15, -0.1) is 0 Å². The van der Waals surface area contributed by atoms with Gasteiger partial charge in [0.15, 0.2) is 0 Å². The number of ether oxygens (including phenoxy) is 2. The zero-order chi connectivity index (χ0) is 18.1. The maximum Gasteiger partial charge on any atom is 0.244 e. The summed E-state index contributed by atoms with van der Waals surface area (Å²) in [6, 6.07) is 15.6. The minimum Gasteiger partial charge on any atom is -0.497 e. The molecule has 0 fully saturated rings. The van der Waals surface area contributed by atoms with Crippen molar-refractivity contribution in [3.05, 3.63) is 65.7 Å². The predicted molar refractivity (Wildman–Crippen MR) is 101 cm³/mol. The van der Waals surface area contributed by atoms with Crippen molar-refractivity contribution in [2.24, 2.45) is 0 Å². The topological polar surface area (TPSA) is 47.6 Å². The summed E-state index contributed by atoms with van der Waals surface area (Å²) in [7, 11) is 1.62. The molecule has 0 atom stereocenters. The van der Waals surface area contributed by atoms with Gasteiger partial charge in [0.2, 0.25) is 5.91 Å². The number of nitrogens with one attached hydrogen (secondary N) is 1. The van der Waals surface area contributed by atoms with E-state index in [0.29, 0.717) is 19.1 Å². The van der Waals surface area contributed by atoms with Crippen LogP contribution < -0.4 is 14.8 Å². The van der Waals surface area contributed by atoms with Crippen LogP contribution in [0.3, 0.4) is 0 Å². The molecule has 1 amide bonds. The molecule has 0 aliphatic rings. The zero-order valence-electron chi connectivity index (χ0n) is 15.0. The fourth-order valence-electron chi connectivity index (χ4n) is 2.24. The summed E-state index contributed by atoms with van der Waals surface area (Å²) in [5, 5.41) is 2.80. The molecule has 0 saturated heterocycles. The molecule has 4 nitrogen and oxygen atoms in total. The average molecular weight is 339 g/mol. The van der Waals surface area contributed by atoms with Crippen molar-refractivity contribution in [3.63, 3.8) is 0 Å². The Hall–Kier alpha value is -2.75. The highest BCUT2D eigenvalue weighted by Crippen LogP contribution is 2.17. The molecule has 0 radical (unpaired) electrons. The summed E-state index contributed by atoms with van der Waals surface area (Å²) >= 11 is 0. The summed E-state index contributed by atoms with van der Waals surface area (Å²) in [6.07, 6.45) is 3.35. The molecule has 2 rings (SSSR count). The average Bonchev–Trinajstić information content (AvgIpc) is 2.64. The van der Waals surface area contributed by atoms with Gasteiger partial charge < -0.3 is 14.8 Å². The van der Waals surface area contributed by atoms with Gasteiger partial charge in [0.1, 0.15) is 18.1 Å². The highest BCUT2D eigenvalue weighted by molar-refractivity contribution is 5.91. The Morgan fingerprint density at radius 1 is 1.04 bits per heavy atom. The molecular weight excluding hydrogens is 314 g/mol. The Kier molecular flexibility index (Phi) is 7.08. The second-order valence-corrected chi connectivity index (χ2v) is 5.97. The lowest BCUT2D eigenvalue weighted by Crippen LogP contribution is -2.26. The Morgan fingerprint density at radius 2 is 1.68 bits per heavy atom. The van der Waals surface area contributed by atoms with Crippen molar-refractivity contribution in [3.8, 4) is 11.5 Å². The number of carbonyl (C=O) groups is 1.